The van der Waals surface area contributed by atoms with E-state index in [2.05, 4.69) is 0 Å². The quantitative estimate of drug-likeness (QED) is 0.0326. The molecule has 0 saturated carbocycles. The Morgan fingerprint density at radius 3 is 0.548 bits per heavy atom. The molecule has 38 heteroatoms. The summed E-state index contributed by atoms with van der Waals surface area (Å²) in [5.74, 6) is 2.96. The second-order valence-electron chi connectivity index (χ2n) is 29.8. The maximum Gasteiger partial charge on any atom is 0.530 e. The third-order valence-corrected chi connectivity index (χ3v) is 24.6. The van der Waals surface area contributed by atoms with E-state index >= 15 is 0 Å². The Morgan fingerprint density at radius 2 is 0.365 bits per heavy atom. The molecule has 22 aliphatic heterocycles. The van der Waals surface area contributed by atoms with Crippen LogP contribution >= 0.6 is 17.2 Å². The van der Waals surface area contributed by atoms with E-state index in [9.17, 15) is 0 Å². The number of hydrogen-bond donors (Lipinski definition) is 0. The number of rotatable bonds is 38. The zero-order valence-electron chi connectivity index (χ0n) is 73.3. The van der Waals surface area contributed by atoms with Crippen LogP contribution in [-0.4, -0.2) is 338 Å². The van der Waals surface area contributed by atoms with E-state index in [1.54, 1.807) is 97.1 Å². The molecule has 22 aliphatic rings. The first kappa shape index (κ1) is 97.0. The fourth-order valence-corrected chi connectivity index (χ4v) is 18.6. The van der Waals surface area contributed by atoms with Crippen molar-refractivity contribution >= 4 is 17.2 Å². The molecule has 0 aromatic heterocycles. The summed E-state index contributed by atoms with van der Waals surface area (Å²) < 4.78 is 241. The van der Waals surface area contributed by atoms with E-state index in [-0.39, 0.29) is 62.6 Å². The molecule has 36 nitrogen and oxygen atoms in total. The topological polar surface area (TPSA) is 332 Å². The average Bonchev–Trinajstić information content (AvgIpc) is 0.757. The number of ether oxygens (including phenoxy) is 30. The normalized spacial score (nSPS) is 34.3. The van der Waals surface area contributed by atoms with Gasteiger partial charge in [-0.2, -0.15) is 0 Å². The molecule has 126 heavy (non-hydrogen) atoms. The lowest BCUT2D eigenvalue weighted by Crippen LogP contribution is -2.70. The van der Waals surface area contributed by atoms with Crippen LogP contribution in [0.25, 0.3) is 0 Å². The zero-order valence-corrected chi connectivity index (χ0v) is 75.1. The molecule has 28 rings (SSSR count). The number of hydrogen-bond acceptors (Lipinski definition) is 36. The SMILES string of the molecule is COC[C@H]1O[C@@H]2O[C@H]3[C@H](OC)[C@@H](OC)[C@@H](O[C@H]4[C@H](OC)[C@@H](OC)[C@@H](O[C@H]5[C@H](OC)[C@@H](OC)[C@@H](O[C@H]6[C@H](OC)[C@@H](OC)[C@@H](O[C@H]7[C@H](OC)[C@@H](OC)[C@@H](O[C@H]1[C@H](OC)[C@H]2OC)O[C@@H]7COC)O[C@@H]6COc1ccccc1OP(Oc1ccccc1)Oc1ccccc1)O[C@@H]5COC)O[C@@H]4COc1ccccc1OP(Oc1ccccc1)Oc1ccccc1)O[C@@H]3COC. The van der Waals surface area contributed by atoms with E-state index < -0.39 is 201 Å². The van der Waals surface area contributed by atoms with Crippen molar-refractivity contribution < 1.29 is 169 Å². The molecule has 22 saturated heterocycles. The zero-order chi connectivity index (χ0) is 88.6. The highest BCUT2D eigenvalue weighted by atomic mass is 31.2. The first-order valence-electron chi connectivity index (χ1n) is 41.2. The fraction of sp³-hybridized carbons (Fsp3) is 0.591. The Bertz CT molecular complexity index is 3860. The largest absolute Gasteiger partial charge is 0.530 e. The molecule has 0 N–H and O–H groups in total. The van der Waals surface area contributed by atoms with Gasteiger partial charge in [-0.25, -0.2) is 0 Å². The minimum Gasteiger partial charge on any atom is -0.487 e. The Kier molecular flexibility index (Phi) is 37.4. The summed E-state index contributed by atoms with van der Waals surface area (Å²) in [7, 11) is 19.6. The predicted octanol–water partition coefficient (Wildman–Crippen LogP) is 9.11. The molecule has 22 heterocycles. The predicted molar refractivity (Wildman–Crippen MR) is 446 cm³/mol. The van der Waals surface area contributed by atoms with Gasteiger partial charge in [0.15, 0.2) is 60.7 Å². The standard InChI is InChI=1S/C88H118O36P2/c1-89-45-59-65-71(93-5)77(99-11)83(107-59)114-66-60(46-90-2)109-85(79(101-13)72(66)94-6)117-69-63(49-105-55-41-29-31-43-57(55)123-125(119-51-33-21-17-22-34-51)120-52-35-23-18-24-36-52)112-88(82(104-16)75(69)97-9)116-68-62(48-92-4)110-86(80(102-14)74(68)96-8)118-70-64(111-87(81(103-15)76(70)98-10)115-67-61(47-91-3)108-84(113-65)78(100-12)73(67)95-7)50-106-56-42-30-32-44-58(56)124-126(121-53-37-25-19-26-38-53)122-54-39-27-20-28-40-54/h17-44,59-88H,45-50H2,1-16H3/t59-,60-,61-,62-,63-,64-,65-,66-,67-,68-,69-,70-,71+,72+,73+,74+,75+,76+,77-,78-,79-,80-,81-,82-,83-,84-,85-,86-,87-,88-/m1/s1. The number of para-hydroxylation sites is 8. The summed E-state index contributed by atoms with van der Waals surface area (Å²) in [6, 6.07) is 50.7. The fourth-order valence-electron chi connectivity index (χ4n) is 16.6. The van der Waals surface area contributed by atoms with Crippen LogP contribution in [0.5, 0.6) is 46.0 Å². The van der Waals surface area contributed by atoms with E-state index in [0.29, 0.717) is 23.0 Å². The molecule has 30 atom stereocenters. The van der Waals surface area contributed by atoms with Crippen LogP contribution in [0.4, 0.5) is 0 Å². The van der Waals surface area contributed by atoms with Crippen molar-refractivity contribution in [2.24, 2.45) is 0 Å². The smallest absolute Gasteiger partial charge is 0.487 e. The monoisotopic (exact) mass is 1810 g/mol. The van der Waals surface area contributed by atoms with E-state index in [0.717, 1.165) is 0 Å². The van der Waals surface area contributed by atoms with Gasteiger partial charge in [0.25, 0.3) is 0 Å². The number of benzene rings is 6. The lowest BCUT2D eigenvalue weighted by Gasteiger charge is -2.53. The van der Waals surface area contributed by atoms with Gasteiger partial charge in [0.05, 0.1) is 26.4 Å². The van der Waals surface area contributed by atoms with Crippen molar-refractivity contribution in [3.63, 3.8) is 0 Å². The van der Waals surface area contributed by atoms with Crippen LogP contribution in [0, 0.1) is 0 Å². The first-order chi connectivity index (χ1) is 61.7. The van der Waals surface area contributed by atoms with Crippen molar-refractivity contribution in [2.75, 3.05) is 153 Å². The van der Waals surface area contributed by atoms with E-state index in [4.69, 9.17) is 169 Å². The van der Waals surface area contributed by atoms with Gasteiger partial charge < -0.3 is 169 Å². The van der Waals surface area contributed by atoms with E-state index in [1.807, 2.05) is 72.8 Å². The first-order valence-corrected chi connectivity index (χ1v) is 43.4. The Morgan fingerprint density at radius 1 is 0.190 bits per heavy atom. The van der Waals surface area contributed by atoms with Crippen molar-refractivity contribution in [1.82, 2.24) is 0 Å². The van der Waals surface area contributed by atoms with Crippen LogP contribution in [-0.2, 0) is 133 Å². The van der Waals surface area contributed by atoms with Crippen LogP contribution < -0.4 is 36.6 Å². The van der Waals surface area contributed by atoms with Crippen molar-refractivity contribution in [3.05, 3.63) is 170 Å². The molecule has 22 fully saturated rings. The lowest BCUT2D eigenvalue weighted by atomic mass is 9.94. The highest BCUT2D eigenvalue weighted by Crippen LogP contribution is 2.49. The lowest BCUT2D eigenvalue weighted by molar-refractivity contribution is -0.409. The highest BCUT2D eigenvalue weighted by molar-refractivity contribution is 7.43. The van der Waals surface area contributed by atoms with Crippen LogP contribution in [0.3, 0.4) is 0 Å². The molecule has 6 aromatic rings. The van der Waals surface area contributed by atoms with Gasteiger partial charge in [0, 0.05) is 114 Å². The van der Waals surface area contributed by atoms with Crippen molar-refractivity contribution in [3.8, 4) is 46.0 Å². The van der Waals surface area contributed by atoms with Gasteiger partial charge in [0.2, 0.25) is 0 Å². The third-order valence-electron chi connectivity index (χ3n) is 22.4. The van der Waals surface area contributed by atoms with Gasteiger partial charge in [-0.05, 0) is 72.8 Å². The minimum absolute atomic E-state index is 0.0763. The highest BCUT2D eigenvalue weighted by Gasteiger charge is 2.62. The van der Waals surface area contributed by atoms with Crippen LogP contribution in [0.2, 0.25) is 0 Å². The molecular weight excluding hydrogens is 1690 g/mol. The Hall–Kier alpha value is -6.54. The Labute approximate surface area is 736 Å². The van der Waals surface area contributed by atoms with E-state index in [1.165, 1.54) is 114 Å². The summed E-state index contributed by atoms with van der Waals surface area (Å²) in [6.45, 7) is -1.01. The molecule has 6 aromatic carbocycles. The van der Waals surface area contributed by atoms with Crippen molar-refractivity contribution in [2.45, 2.75) is 184 Å². The van der Waals surface area contributed by atoms with Gasteiger partial charge >= 0.3 is 17.2 Å². The summed E-state index contributed by atoms with van der Waals surface area (Å²) in [5.41, 5.74) is 0. The summed E-state index contributed by atoms with van der Waals surface area (Å²) >= 11 is 0. The molecular formula is C88H118O36P2. The third kappa shape index (κ3) is 23.3. The second-order valence-corrected chi connectivity index (χ2v) is 31.8. The van der Waals surface area contributed by atoms with Crippen LogP contribution in [0.1, 0.15) is 0 Å². The summed E-state index contributed by atoms with van der Waals surface area (Å²) in [4.78, 5) is 0. The van der Waals surface area contributed by atoms with Gasteiger partial charge in [-0.1, -0.05) is 97.1 Å². The Balaban J connectivity index is 0.901. The van der Waals surface area contributed by atoms with Crippen LogP contribution in [0.15, 0.2) is 170 Å². The van der Waals surface area contributed by atoms with Gasteiger partial charge in [-0.3, -0.25) is 0 Å². The maximum absolute atomic E-state index is 7.38. The molecule has 0 spiro atoms. The molecule has 0 radical (unpaired) electrons. The number of methoxy groups -OCH3 is 16. The van der Waals surface area contributed by atoms with Gasteiger partial charge in [0.1, 0.15) is 183 Å². The molecule has 0 amide bonds. The maximum atomic E-state index is 7.38. The summed E-state index contributed by atoms with van der Waals surface area (Å²) in [6.07, 6.45) is -34.6. The summed E-state index contributed by atoms with van der Waals surface area (Å²) in [5, 5.41) is 0. The minimum atomic E-state index is -2.20. The molecule has 0 unspecified atom stereocenters. The molecule has 0 aliphatic carbocycles. The molecule has 696 valence electrons. The van der Waals surface area contributed by atoms with Crippen molar-refractivity contribution in [1.29, 1.82) is 0 Å². The van der Waals surface area contributed by atoms with Gasteiger partial charge in [-0.15, -0.1) is 0 Å². The second kappa shape index (κ2) is 48.6. The average molecular weight is 1810 g/mol. The molecule has 12 bridgehead atoms.